The van der Waals surface area contributed by atoms with E-state index < -0.39 is 10.1 Å². The molecule has 1 aromatic rings. The second-order valence-corrected chi connectivity index (χ2v) is 5.89. The molecule has 16 heavy (non-hydrogen) atoms. The van der Waals surface area contributed by atoms with Crippen LogP contribution in [0.25, 0.3) is 0 Å². The molecule has 0 saturated carbocycles. The first-order valence-electron chi connectivity index (χ1n) is 5.33. The topological polar surface area (TPSA) is 43.4 Å². The molecule has 0 fully saturated rings. The normalized spacial score (nSPS) is 14.1. The van der Waals surface area contributed by atoms with Crippen LogP contribution < -0.4 is 0 Å². The van der Waals surface area contributed by atoms with Crippen LogP contribution in [0.15, 0.2) is 29.2 Å². The van der Waals surface area contributed by atoms with Crippen LogP contribution in [0.5, 0.6) is 0 Å². The van der Waals surface area contributed by atoms with Crippen molar-refractivity contribution in [3.8, 4) is 0 Å². The molecule has 0 spiro atoms. The second-order valence-electron chi connectivity index (χ2n) is 4.32. The monoisotopic (exact) mass is 242 g/mol. The van der Waals surface area contributed by atoms with Gasteiger partial charge in [-0.15, -0.1) is 0 Å². The fourth-order valence-corrected chi connectivity index (χ4v) is 2.45. The van der Waals surface area contributed by atoms with Crippen LogP contribution in [0.1, 0.15) is 26.3 Å². The van der Waals surface area contributed by atoms with Gasteiger partial charge in [0.1, 0.15) is 0 Å². The third kappa shape index (κ3) is 3.32. The van der Waals surface area contributed by atoms with Crippen LogP contribution in [0.4, 0.5) is 0 Å². The fraction of sp³-hybridized carbons (Fsp3) is 0.500. The van der Waals surface area contributed by atoms with E-state index >= 15 is 0 Å². The molecule has 0 bridgehead atoms. The van der Waals surface area contributed by atoms with Gasteiger partial charge < -0.3 is 0 Å². The Balaban J connectivity index is 2.95. The minimum atomic E-state index is -3.63. The SMILES string of the molecule is Cc1cccc(S(=O)(=O)OC(C)C(C)C)c1. The van der Waals surface area contributed by atoms with Gasteiger partial charge >= 0.3 is 0 Å². The van der Waals surface area contributed by atoms with E-state index in [2.05, 4.69) is 0 Å². The molecule has 90 valence electrons. The van der Waals surface area contributed by atoms with Gasteiger partial charge in [-0.2, -0.15) is 8.42 Å². The number of hydrogen-bond donors (Lipinski definition) is 0. The van der Waals surface area contributed by atoms with Crippen molar-refractivity contribution in [3.63, 3.8) is 0 Å². The summed E-state index contributed by atoms with van der Waals surface area (Å²) in [7, 11) is -3.63. The molecule has 1 unspecified atom stereocenters. The zero-order valence-corrected chi connectivity index (χ0v) is 10.9. The summed E-state index contributed by atoms with van der Waals surface area (Å²) in [4.78, 5) is 0.222. The van der Waals surface area contributed by atoms with Crippen molar-refractivity contribution in [2.75, 3.05) is 0 Å². The highest BCUT2D eigenvalue weighted by Gasteiger charge is 2.20. The molecule has 0 heterocycles. The summed E-state index contributed by atoms with van der Waals surface area (Å²) < 4.78 is 28.9. The fourth-order valence-electron chi connectivity index (χ4n) is 1.14. The molecule has 1 atom stereocenters. The van der Waals surface area contributed by atoms with Gasteiger partial charge in [0.25, 0.3) is 10.1 Å². The van der Waals surface area contributed by atoms with Crippen LogP contribution in [0.2, 0.25) is 0 Å². The Kier molecular flexibility index (Phi) is 4.10. The number of hydrogen-bond acceptors (Lipinski definition) is 3. The number of rotatable bonds is 4. The largest absolute Gasteiger partial charge is 0.297 e. The van der Waals surface area contributed by atoms with E-state index in [4.69, 9.17) is 4.18 Å². The minimum Gasteiger partial charge on any atom is -0.263 e. The third-order valence-corrected chi connectivity index (χ3v) is 3.88. The van der Waals surface area contributed by atoms with Gasteiger partial charge in [-0.25, -0.2) is 0 Å². The Bertz CT molecular complexity index is 449. The maximum absolute atomic E-state index is 11.9. The first-order valence-corrected chi connectivity index (χ1v) is 6.73. The third-order valence-electron chi connectivity index (χ3n) is 2.50. The molecule has 1 aromatic carbocycles. The highest BCUT2D eigenvalue weighted by atomic mass is 32.2. The van der Waals surface area contributed by atoms with Gasteiger partial charge in [-0.05, 0) is 37.5 Å². The van der Waals surface area contributed by atoms with Crippen molar-refractivity contribution in [2.24, 2.45) is 5.92 Å². The summed E-state index contributed by atoms with van der Waals surface area (Å²) >= 11 is 0. The van der Waals surface area contributed by atoms with Gasteiger partial charge in [-0.3, -0.25) is 4.18 Å². The molecule has 0 aliphatic carbocycles. The Hall–Kier alpha value is -0.870. The predicted octanol–water partition coefficient (Wildman–Crippen LogP) is 2.74. The van der Waals surface area contributed by atoms with Crippen molar-refractivity contribution in [3.05, 3.63) is 29.8 Å². The maximum Gasteiger partial charge on any atom is 0.297 e. The Morgan fingerprint density at radius 1 is 1.19 bits per heavy atom. The lowest BCUT2D eigenvalue weighted by molar-refractivity contribution is 0.178. The van der Waals surface area contributed by atoms with Crippen LogP contribution in [-0.2, 0) is 14.3 Å². The van der Waals surface area contributed by atoms with E-state index in [1.807, 2.05) is 26.8 Å². The molecule has 0 radical (unpaired) electrons. The van der Waals surface area contributed by atoms with Gasteiger partial charge in [0.15, 0.2) is 0 Å². The molecule has 4 heteroatoms. The summed E-state index contributed by atoms with van der Waals surface area (Å²) in [5.74, 6) is 0.166. The lowest BCUT2D eigenvalue weighted by Crippen LogP contribution is -2.20. The van der Waals surface area contributed by atoms with Crippen LogP contribution >= 0.6 is 0 Å². The van der Waals surface area contributed by atoms with Crippen LogP contribution in [0.3, 0.4) is 0 Å². The zero-order valence-electron chi connectivity index (χ0n) is 10.1. The van der Waals surface area contributed by atoms with E-state index in [1.54, 1.807) is 25.1 Å². The summed E-state index contributed by atoms with van der Waals surface area (Å²) in [5.41, 5.74) is 0.905. The molecular formula is C12H18O3S. The van der Waals surface area contributed by atoms with E-state index in [0.717, 1.165) is 5.56 Å². The van der Waals surface area contributed by atoms with Gasteiger partial charge in [-0.1, -0.05) is 26.0 Å². The Labute approximate surface area is 97.6 Å². The average Bonchev–Trinajstić information content (AvgIpc) is 2.17. The molecule has 0 aliphatic rings. The summed E-state index contributed by atoms with van der Waals surface area (Å²) in [6.07, 6.45) is -0.314. The van der Waals surface area contributed by atoms with Crippen molar-refractivity contribution < 1.29 is 12.6 Å². The minimum absolute atomic E-state index is 0.166. The van der Waals surface area contributed by atoms with E-state index in [1.165, 1.54) is 0 Å². The van der Waals surface area contributed by atoms with Crippen molar-refractivity contribution in [1.29, 1.82) is 0 Å². The van der Waals surface area contributed by atoms with E-state index in [0.29, 0.717) is 0 Å². The highest BCUT2D eigenvalue weighted by Crippen LogP contribution is 2.18. The first-order chi connectivity index (χ1) is 7.33. The van der Waals surface area contributed by atoms with Gasteiger partial charge in [0, 0.05) is 0 Å². The quantitative estimate of drug-likeness (QED) is 0.762. The molecule has 0 saturated heterocycles. The van der Waals surface area contributed by atoms with Crippen LogP contribution in [0, 0.1) is 12.8 Å². The maximum atomic E-state index is 11.9. The molecule has 0 amide bonds. The van der Waals surface area contributed by atoms with Crippen molar-refractivity contribution in [2.45, 2.75) is 38.7 Å². The molecule has 1 rings (SSSR count). The molecule has 0 aliphatic heterocycles. The van der Waals surface area contributed by atoms with Gasteiger partial charge in [0.2, 0.25) is 0 Å². The average molecular weight is 242 g/mol. The standard InChI is InChI=1S/C12H18O3S/c1-9(2)11(4)15-16(13,14)12-7-5-6-10(3)8-12/h5-9,11H,1-4H3. The predicted molar refractivity (Wildman–Crippen MR) is 63.7 cm³/mol. The smallest absolute Gasteiger partial charge is 0.263 e. The molecule has 0 N–H and O–H groups in total. The van der Waals surface area contributed by atoms with Crippen molar-refractivity contribution >= 4 is 10.1 Å². The van der Waals surface area contributed by atoms with Crippen molar-refractivity contribution in [1.82, 2.24) is 0 Å². The van der Waals surface area contributed by atoms with E-state index in [9.17, 15) is 8.42 Å². The first kappa shape index (κ1) is 13.2. The molecule has 0 aromatic heterocycles. The number of aryl methyl sites for hydroxylation is 1. The summed E-state index contributed by atoms with van der Waals surface area (Å²) in [6, 6.07) is 6.73. The number of benzene rings is 1. The van der Waals surface area contributed by atoms with Gasteiger partial charge in [0.05, 0.1) is 11.0 Å². The van der Waals surface area contributed by atoms with Crippen LogP contribution in [-0.4, -0.2) is 14.5 Å². The second kappa shape index (κ2) is 4.97. The lowest BCUT2D eigenvalue weighted by Gasteiger charge is -2.16. The lowest BCUT2D eigenvalue weighted by atomic mass is 10.1. The zero-order chi connectivity index (χ0) is 12.3. The Morgan fingerprint density at radius 2 is 1.81 bits per heavy atom. The van der Waals surface area contributed by atoms with E-state index in [-0.39, 0.29) is 16.9 Å². The molecule has 3 nitrogen and oxygen atoms in total. The Morgan fingerprint density at radius 3 is 2.31 bits per heavy atom. The summed E-state index contributed by atoms with van der Waals surface area (Å²) in [6.45, 7) is 7.47. The highest BCUT2D eigenvalue weighted by molar-refractivity contribution is 7.86. The summed E-state index contributed by atoms with van der Waals surface area (Å²) in [5, 5.41) is 0. The molecular weight excluding hydrogens is 224 g/mol.